The molecule has 158 valence electrons. The normalized spacial score (nSPS) is 20.8. The molecular formula is C20H25ClF2N4OS. The van der Waals surface area contributed by atoms with Crippen LogP contribution in [-0.4, -0.2) is 46.4 Å². The Morgan fingerprint density at radius 1 is 1.55 bits per heavy atom. The summed E-state index contributed by atoms with van der Waals surface area (Å²) in [7, 11) is 0. The van der Waals surface area contributed by atoms with Crippen LogP contribution in [0.3, 0.4) is 0 Å². The van der Waals surface area contributed by atoms with E-state index in [0.717, 1.165) is 18.5 Å². The van der Waals surface area contributed by atoms with Crippen molar-refractivity contribution < 1.29 is 13.6 Å². The first kappa shape index (κ1) is 22.0. The van der Waals surface area contributed by atoms with Crippen molar-refractivity contribution in [2.24, 2.45) is 16.8 Å². The summed E-state index contributed by atoms with van der Waals surface area (Å²) in [6, 6.07) is 0. The monoisotopic (exact) mass is 442 g/mol. The molecule has 1 aromatic heterocycles. The maximum Gasteiger partial charge on any atom is 0.252 e. The van der Waals surface area contributed by atoms with Crippen molar-refractivity contribution in [3.05, 3.63) is 29.7 Å². The van der Waals surface area contributed by atoms with Gasteiger partial charge in [-0.2, -0.15) is 16.9 Å². The third kappa shape index (κ3) is 6.15. The predicted molar refractivity (Wildman–Crippen MR) is 116 cm³/mol. The summed E-state index contributed by atoms with van der Waals surface area (Å²) >= 11 is 7.76. The average Bonchev–Trinajstić information content (AvgIpc) is 3.56. The van der Waals surface area contributed by atoms with Gasteiger partial charge in [-0.3, -0.25) is 9.79 Å². The first-order chi connectivity index (χ1) is 13.8. The summed E-state index contributed by atoms with van der Waals surface area (Å²) in [5, 5.41) is 4.58. The lowest BCUT2D eigenvalue weighted by Gasteiger charge is -2.21. The molecule has 3 rings (SSSR count). The SMILES string of the molecule is C=N/C=C\C=C(/C)n1cc(N(CC2CC2)C(=O)CCSCC2CC2(F)F)c(Cl)n1. The molecule has 1 aromatic rings. The Morgan fingerprint density at radius 3 is 2.90 bits per heavy atom. The molecule has 0 spiro atoms. The second-order valence-electron chi connectivity index (χ2n) is 7.52. The van der Waals surface area contributed by atoms with E-state index in [4.69, 9.17) is 11.6 Å². The molecule has 2 fully saturated rings. The highest BCUT2D eigenvalue weighted by Gasteiger charge is 2.56. The van der Waals surface area contributed by atoms with E-state index >= 15 is 0 Å². The number of aromatic nitrogens is 2. The first-order valence-electron chi connectivity index (χ1n) is 9.62. The third-order valence-electron chi connectivity index (χ3n) is 5.01. The molecule has 0 saturated heterocycles. The molecule has 1 atom stereocenters. The van der Waals surface area contributed by atoms with Gasteiger partial charge in [0.15, 0.2) is 5.15 Å². The van der Waals surface area contributed by atoms with Gasteiger partial charge in [0.2, 0.25) is 5.91 Å². The van der Waals surface area contributed by atoms with Crippen LogP contribution in [0.2, 0.25) is 5.15 Å². The lowest BCUT2D eigenvalue weighted by atomic mass is 10.3. The number of carbonyl (C=O) groups excluding carboxylic acids is 1. The molecule has 2 saturated carbocycles. The van der Waals surface area contributed by atoms with Crippen LogP contribution in [0.1, 0.15) is 32.6 Å². The molecule has 0 bridgehead atoms. The van der Waals surface area contributed by atoms with Crippen molar-refractivity contribution in [3.63, 3.8) is 0 Å². The second-order valence-corrected chi connectivity index (χ2v) is 9.02. The molecular weight excluding hydrogens is 418 g/mol. The van der Waals surface area contributed by atoms with Crippen molar-refractivity contribution in [3.8, 4) is 0 Å². The van der Waals surface area contributed by atoms with E-state index < -0.39 is 11.8 Å². The van der Waals surface area contributed by atoms with Crippen LogP contribution in [0.4, 0.5) is 14.5 Å². The summed E-state index contributed by atoms with van der Waals surface area (Å²) in [6.07, 6.45) is 9.33. The fourth-order valence-electron chi connectivity index (χ4n) is 2.89. The Bertz CT molecular complexity index is 819. The lowest BCUT2D eigenvalue weighted by Crippen LogP contribution is -2.33. The van der Waals surface area contributed by atoms with Crippen LogP contribution in [0.15, 0.2) is 29.5 Å². The number of thioether (sulfide) groups is 1. The van der Waals surface area contributed by atoms with Gasteiger partial charge in [-0.1, -0.05) is 11.6 Å². The molecule has 0 aliphatic heterocycles. The summed E-state index contributed by atoms with van der Waals surface area (Å²) < 4.78 is 27.6. The molecule has 1 unspecified atom stereocenters. The van der Waals surface area contributed by atoms with Crippen molar-refractivity contribution in [1.29, 1.82) is 0 Å². The zero-order chi connectivity index (χ0) is 21.0. The molecule has 2 aliphatic rings. The summed E-state index contributed by atoms with van der Waals surface area (Å²) in [6.45, 7) is 5.87. The topological polar surface area (TPSA) is 50.5 Å². The van der Waals surface area contributed by atoms with Gasteiger partial charge in [-0.15, -0.1) is 0 Å². The fourth-order valence-corrected chi connectivity index (χ4v) is 4.25. The molecule has 5 nitrogen and oxygen atoms in total. The van der Waals surface area contributed by atoms with Crippen LogP contribution >= 0.6 is 23.4 Å². The van der Waals surface area contributed by atoms with Gasteiger partial charge in [0.1, 0.15) is 5.69 Å². The number of rotatable bonds is 11. The third-order valence-corrected chi connectivity index (χ3v) is 6.41. The van der Waals surface area contributed by atoms with Gasteiger partial charge >= 0.3 is 0 Å². The van der Waals surface area contributed by atoms with Gasteiger partial charge in [0.05, 0.1) is 6.20 Å². The number of hydrogen-bond donors (Lipinski definition) is 0. The number of aliphatic imine (C=N–C) groups is 1. The van der Waals surface area contributed by atoms with Crippen molar-refractivity contribution in [2.45, 2.75) is 38.5 Å². The molecule has 9 heteroatoms. The maximum absolute atomic E-state index is 13.0. The fraction of sp³-hybridized carbons (Fsp3) is 0.550. The first-order valence-corrected chi connectivity index (χ1v) is 11.2. The van der Waals surface area contributed by atoms with Crippen LogP contribution in [0, 0.1) is 11.8 Å². The Balaban J connectivity index is 1.63. The van der Waals surface area contributed by atoms with E-state index in [1.807, 2.05) is 13.0 Å². The highest BCUT2D eigenvalue weighted by atomic mass is 35.5. The van der Waals surface area contributed by atoms with Crippen LogP contribution in [0.5, 0.6) is 0 Å². The minimum Gasteiger partial charge on any atom is -0.308 e. The molecule has 29 heavy (non-hydrogen) atoms. The number of carbonyl (C=O) groups is 1. The smallest absolute Gasteiger partial charge is 0.252 e. The van der Waals surface area contributed by atoms with E-state index in [2.05, 4.69) is 16.8 Å². The summed E-state index contributed by atoms with van der Waals surface area (Å²) in [5.74, 6) is -1.67. The number of anilines is 1. The number of allylic oxidation sites excluding steroid dienone is 3. The minimum atomic E-state index is -2.50. The molecule has 0 radical (unpaired) electrons. The molecule has 0 N–H and O–H groups in total. The van der Waals surface area contributed by atoms with E-state index in [0.29, 0.717) is 36.1 Å². The summed E-state index contributed by atoms with van der Waals surface area (Å²) in [4.78, 5) is 18.2. The summed E-state index contributed by atoms with van der Waals surface area (Å²) in [5.41, 5.74) is 1.40. The Morgan fingerprint density at radius 2 is 2.28 bits per heavy atom. The number of amides is 1. The highest BCUT2D eigenvalue weighted by Crippen LogP contribution is 2.50. The van der Waals surface area contributed by atoms with Crippen molar-refractivity contribution >= 4 is 47.4 Å². The number of alkyl halides is 2. The number of hydrogen-bond acceptors (Lipinski definition) is 4. The predicted octanol–water partition coefficient (Wildman–Crippen LogP) is 5.13. The van der Waals surface area contributed by atoms with E-state index in [-0.39, 0.29) is 17.5 Å². The van der Waals surface area contributed by atoms with Crippen molar-refractivity contribution in [2.75, 3.05) is 23.0 Å². The quantitative estimate of drug-likeness (QED) is 0.271. The van der Waals surface area contributed by atoms with Crippen LogP contribution in [-0.2, 0) is 4.79 Å². The average molecular weight is 443 g/mol. The van der Waals surface area contributed by atoms with E-state index in [1.165, 1.54) is 11.8 Å². The molecule has 1 amide bonds. The van der Waals surface area contributed by atoms with Gasteiger partial charge in [-0.05, 0) is 44.6 Å². The standard InChI is InChI=1S/C20H25ClF2N4OS/c1-14(4-3-8-24-2)27-12-17(19(21)25-27)26(11-15-5-6-15)18(28)7-9-29-13-16-10-20(16,22)23/h3-4,8,12,15-16H,2,5-7,9-11,13H2,1H3/b8-3-,14-4+. The maximum atomic E-state index is 13.0. The zero-order valence-electron chi connectivity index (χ0n) is 16.4. The zero-order valence-corrected chi connectivity index (χ0v) is 17.9. The van der Waals surface area contributed by atoms with Gasteiger partial charge in [0, 0.05) is 48.7 Å². The van der Waals surface area contributed by atoms with E-state index in [9.17, 15) is 13.6 Å². The second kappa shape index (κ2) is 9.43. The Kier molecular flexibility index (Phi) is 7.16. The number of halogens is 3. The van der Waals surface area contributed by atoms with Crippen LogP contribution in [0.25, 0.3) is 5.70 Å². The Hall–Kier alpha value is -1.67. The Labute approximate surface area is 178 Å². The van der Waals surface area contributed by atoms with Gasteiger partial charge in [0.25, 0.3) is 5.92 Å². The highest BCUT2D eigenvalue weighted by molar-refractivity contribution is 7.99. The van der Waals surface area contributed by atoms with Gasteiger partial charge < -0.3 is 4.90 Å². The molecule has 1 heterocycles. The van der Waals surface area contributed by atoms with Crippen molar-refractivity contribution in [1.82, 2.24) is 9.78 Å². The largest absolute Gasteiger partial charge is 0.308 e. The van der Waals surface area contributed by atoms with Gasteiger partial charge in [-0.25, -0.2) is 13.5 Å². The van der Waals surface area contributed by atoms with Crippen LogP contribution < -0.4 is 4.90 Å². The number of nitrogens with zero attached hydrogens (tertiary/aromatic N) is 4. The molecule has 2 aliphatic carbocycles. The van der Waals surface area contributed by atoms with E-state index in [1.54, 1.807) is 28.1 Å². The minimum absolute atomic E-state index is 0.0263. The molecule has 0 aromatic carbocycles. The lowest BCUT2D eigenvalue weighted by molar-refractivity contribution is -0.118.